The number of ether oxygens (including phenoxy) is 2. The van der Waals surface area contributed by atoms with Crippen molar-refractivity contribution < 1.29 is 19.1 Å². The van der Waals surface area contributed by atoms with Gasteiger partial charge in [0, 0.05) is 61.6 Å². The van der Waals surface area contributed by atoms with E-state index in [4.69, 9.17) is 9.47 Å². The number of hydrogen-bond acceptors (Lipinski definition) is 6. The van der Waals surface area contributed by atoms with Crippen LogP contribution in [0.25, 0.3) is 0 Å². The first-order chi connectivity index (χ1) is 15.6. The summed E-state index contributed by atoms with van der Waals surface area (Å²) >= 11 is 0. The quantitative estimate of drug-likeness (QED) is 0.533. The Hall–Kier alpha value is -3.32. The number of ketones is 1. The van der Waals surface area contributed by atoms with Gasteiger partial charge < -0.3 is 24.6 Å². The van der Waals surface area contributed by atoms with E-state index in [0.717, 1.165) is 43.1 Å². The molecule has 0 radical (unpaired) electrons. The lowest BCUT2D eigenvalue weighted by Crippen LogP contribution is -2.45. The third kappa shape index (κ3) is 3.96. The van der Waals surface area contributed by atoms with Crippen molar-refractivity contribution >= 4 is 23.1 Å². The maximum Gasteiger partial charge on any atom is 0.228 e. The Labute approximate surface area is 188 Å². The van der Waals surface area contributed by atoms with Crippen LogP contribution in [0.4, 0.5) is 11.4 Å². The zero-order valence-electron chi connectivity index (χ0n) is 18.6. The molecular weight excluding hydrogens is 406 g/mol. The number of methoxy groups -OCH3 is 2. The zero-order chi connectivity index (χ0) is 22.7. The van der Waals surface area contributed by atoms with Gasteiger partial charge in [-0.3, -0.25) is 9.59 Å². The number of nitrogens with one attached hydrogen (secondary N) is 1. The summed E-state index contributed by atoms with van der Waals surface area (Å²) in [5.74, 6) is 0.310. The van der Waals surface area contributed by atoms with E-state index in [2.05, 4.69) is 22.9 Å². The number of amides is 1. The summed E-state index contributed by atoms with van der Waals surface area (Å²) in [4.78, 5) is 30.8. The minimum atomic E-state index is -0.567. The van der Waals surface area contributed by atoms with Crippen LogP contribution in [-0.2, 0) is 4.79 Å². The van der Waals surface area contributed by atoms with Crippen LogP contribution in [0.1, 0.15) is 28.3 Å². The van der Waals surface area contributed by atoms with Crippen molar-refractivity contribution in [3.05, 3.63) is 60.2 Å². The lowest BCUT2D eigenvalue weighted by atomic mass is 9.82. The van der Waals surface area contributed by atoms with Crippen molar-refractivity contribution in [3.8, 4) is 11.5 Å². The Kier molecular flexibility index (Phi) is 6.46. The van der Waals surface area contributed by atoms with Crippen LogP contribution >= 0.6 is 0 Å². The van der Waals surface area contributed by atoms with E-state index < -0.39 is 5.92 Å². The molecule has 1 unspecified atom stereocenters. The molecule has 2 aliphatic rings. The molecule has 1 amide bonds. The first kappa shape index (κ1) is 21.9. The van der Waals surface area contributed by atoms with E-state index in [1.807, 2.05) is 12.1 Å². The molecular formula is C25H29N3O4. The van der Waals surface area contributed by atoms with Crippen molar-refractivity contribution in [1.82, 2.24) is 5.32 Å². The highest BCUT2D eigenvalue weighted by molar-refractivity contribution is 6.10. The highest BCUT2D eigenvalue weighted by Gasteiger charge is 2.38. The third-order valence-corrected chi connectivity index (χ3v) is 6.13. The lowest BCUT2D eigenvalue weighted by molar-refractivity contribution is -0.119. The predicted molar refractivity (Wildman–Crippen MR) is 125 cm³/mol. The Balaban J connectivity index is 1.81. The molecule has 2 aromatic carbocycles. The number of fused-ring (bicyclic) bond motifs is 1. The fourth-order valence-electron chi connectivity index (χ4n) is 4.58. The van der Waals surface area contributed by atoms with Gasteiger partial charge in [0.15, 0.2) is 17.3 Å². The van der Waals surface area contributed by atoms with Gasteiger partial charge in [-0.25, -0.2) is 0 Å². The van der Waals surface area contributed by atoms with Crippen LogP contribution in [0.5, 0.6) is 11.5 Å². The average molecular weight is 436 g/mol. The fraction of sp³-hybridized carbons (Fsp3) is 0.360. The summed E-state index contributed by atoms with van der Waals surface area (Å²) in [7, 11) is 3.10. The maximum atomic E-state index is 13.8. The minimum absolute atomic E-state index is 0.0753. The normalized spacial score (nSPS) is 18.2. The number of carbonyl (C=O) groups excluding carboxylic acids is 2. The predicted octanol–water partition coefficient (Wildman–Crippen LogP) is 3.00. The smallest absolute Gasteiger partial charge is 0.228 e. The Morgan fingerprint density at radius 2 is 1.84 bits per heavy atom. The number of Topliss-reactive ketones (excluding diaryl/α,β-unsaturated/α-hetero) is 1. The molecule has 7 nitrogen and oxygen atoms in total. The van der Waals surface area contributed by atoms with Gasteiger partial charge in [-0.1, -0.05) is 12.1 Å². The first-order valence-corrected chi connectivity index (χ1v) is 10.8. The van der Waals surface area contributed by atoms with Crippen LogP contribution in [-0.4, -0.2) is 58.6 Å². The minimum Gasteiger partial charge on any atom is -0.493 e. The largest absolute Gasteiger partial charge is 0.493 e. The number of carbonyl (C=O) groups is 2. The summed E-state index contributed by atoms with van der Waals surface area (Å²) in [5, 5.41) is 3.37. The highest BCUT2D eigenvalue weighted by Crippen LogP contribution is 2.44. The standard InChI is InChI=1S/C25H29N3O4/c1-4-12-28-20-7-5-6-19(27-13-10-26-11-14-27)24(20)18(16-23(28)29)25(30)17-8-9-21(31-2)22(15-17)32-3/h4-9,15,18,26H,1,10-14,16H2,2-3H3. The summed E-state index contributed by atoms with van der Waals surface area (Å²) in [6.45, 7) is 7.68. The van der Waals surface area contributed by atoms with E-state index in [-0.39, 0.29) is 18.1 Å². The fourth-order valence-corrected chi connectivity index (χ4v) is 4.58. The van der Waals surface area contributed by atoms with Crippen molar-refractivity contribution in [1.29, 1.82) is 0 Å². The molecule has 1 atom stereocenters. The Morgan fingerprint density at radius 3 is 2.53 bits per heavy atom. The van der Waals surface area contributed by atoms with Gasteiger partial charge in [-0.2, -0.15) is 0 Å². The summed E-state index contributed by atoms with van der Waals surface area (Å²) in [6.07, 6.45) is 1.84. The summed E-state index contributed by atoms with van der Waals surface area (Å²) in [5.41, 5.74) is 3.22. The van der Waals surface area contributed by atoms with Crippen LogP contribution < -0.4 is 24.6 Å². The molecule has 168 valence electrons. The van der Waals surface area contributed by atoms with Gasteiger partial charge in [0.25, 0.3) is 0 Å². The molecule has 0 bridgehead atoms. The Morgan fingerprint density at radius 1 is 1.12 bits per heavy atom. The number of piperazine rings is 1. The van der Waals surface area contributed by atoms with E-state index in [9.17, 15) is 9.59 Å². The molecule has 0 spiro atoms. The summed E-state index contributed by atoms with van der Waals surface area (Å²) < 4.78 is 10.7. The lowest BCUT2D eigenvalue weighted by Gasteiger charge is -2.38. The first-order valence-electron chi connectivity index (χ1n) is 10.8. The number of anilines is 2. The van der Waals surface area contributed by atoms with Gasteiger partial charge in [-0.05, 0) is 30.3 Å². The molecule has 4 rings (SSSR count). The van der Waals surface area contributed by atoms with Crippen LogP contribution in [0, 0.1) is 0 Å². The number of hydrogen-bond donors (Lipinski definition) is 1. The molecule has 32 heavy (non-hydrogen) atoms. The highest BCUT2D eigenvalue weighted by atomic mass is 16.5. The molecule has 7 heteroatoms. The molecule has 1 fully saturated rings. The van der Waals surface area contributed by atoms with E-state index in [1.165, 1.54) is 0 Å². The topological polar surface area (TPSA) is 71.1 Å². The number of rotatable bonds is 7. The third-order valence-electron chi connectivity index (χ3n) is 6.13. The molecule has 2 heterocycles. The van der Waals surface area contributed by atoms with Crippen molar-refractivity contribution in [2.75, 3.05) is 56.7 Å². The van der Waals surface area contributed by atoms with E-state index in [0.29, 0.717) is 23.6 Å². The van der Waals surface area contributed by atoms with Crippen molar-refractivity contribution in [2.24, 2.45) is 0 Å². The van der Waals surface area contributed by atoms with Gasteiger partial charge in [-0.15, -0.1) is 6.58 Å². The second-order valence-electron chi connectivity index (χ2n) is 7.93. The maximum absolute atomic E-state index is 13.8. The van der Waals surface area contributed by atoms with Crippen LogP contribution in [0.15, 0.2) is 49.1 Å². The SMILES string of the molecule is C=CCN1C(=O)CC(C(=O)c2ccc(OC)c(OC)c2)c2c(N3CCNCC3)cccc21. The molecule has 2 aromatic rings. The second-order valence-corrected chi connectivity index (χ2v) is 7.93. The molecule has 0 aliphatic carbocycles. The Bertz CT molecular complexity index is 1030. The van der Waals surface area contributed by atoms with Crippen LogP contribution in [0.2, 0.25) is 0 Å². The van der Waals surface area contributed by atoms with E-state index >= 15 is 0 Å². The molecule has 1 saturated heterocycles. The molecule has 1 N–H and O–H groups in total. The number of benzene rings is 2. The van der Waals surface area contributed by atoms with Gasteiger partial charge >= 0.3 is 0 Å². The van der Waals surface area contributed by atoms with Gasteiger partial charge in [0.05, 0.1) is 20.1 Å². The van der Waals surface area contributed by atoms with Crippen LogP contribution in [0.3, 0.4) is 0 Å². The second kappa shape index (κ2) is 9.44. The van der Waals surface area contributed by atoms with Gasteiger partial charge in [0.1, 0.15) is 0 Å². The molecule has 0 saturated carbocycles. The van der Waals surface area contributed by atoms with Crippen molar-refractivity contribution in [2.45, 2.75) is 12.3 Å². The monoisotopic (exact) mass is 435 g/mol. The number of nitrogens with zero attached hydrogens (tertiary/aromatic N) is 2. The zero-order valence-corrected chi connectivity index (χ0v) is 18.6. The molecule has 2 aliphatic heterocycles. The van der Waals surface area contributed by atoms with E-state index in [1.54, 1.807) is 43.4 Å². The molecule has 0 aromatic heterocycles. The average Bonchev–Trinajstić information content (AvgIpc) is 2.84. The van der Waals surface area contributed by atoms with Crippen molar-refractivity contribution in [3.63, 3.8) is 0 Å². The summed E-state index contributed by atoms with van der Waals surface area (Å²) in [6, 6.07) is 11.1. The van der Waals surface area contributed by atoms with Gasteiger partial charge in [0.2, 0.25) is 5.91 Å².